The molecule has 1 heterocycles. The van der Waals surface area contributed by atoms with E-state index in [0.717, 1.165) is 11.3 Å². The lowest BCUT2D eigenvalue weighted by atomic mass is 10.1. The van der Waals surface area contributed by atoms with Crippen LogP contribution in [0.2, 0.25) is 0 Å². The molecule has 0 fully saturated rings. The minimum Gasteiger partial charge on any atom is -0.326 e. The fourth-order valence-corrected chi connectivity index (χ4v) is 1.89. The molecule has 0 aromatic heterocycles. The molecule has 0 saturated carbocycles. The molecule has 0 unspecified atom stereocenters. The van der Waals surface area contributed by atoms with Gasteiger partial charge in [-0.05, 0) is 29.8 Å². The van der Waals surface area contributed by atoms with Crippen molar-refractivity contribution >= 4 is 41.3 Å². The van der Waals surface area contributed by atoms with Crippen molar-refractivity contribution in [1.82, 2.24) is 0 Å². The average Bonchev–Trinajstić information content (AvgIpc) is 2.39. The number of nitrogens with one attached hydrogen (secondary N) is 2. The van der Waals surface area contributed by atoms with Crippen LogP contribution in [0.3, 0.4) is 0 Å². The van der Waals surface area contributed by atoms with Gasteiger partial charge < -0.3 is 10.6 Å². The first-order valence-corrected chi connectivity index (χ1v) is 5.73. The SMILES string of the molecule is Fc1cccc(NC2=NCc3ccccc3N2)c1.I. The van der Waals surface area contributed by atoms with Crippen molar-refractivity contribution in [2.75, 3.05) is 10.6 Å². The summed E-state index contributed by atoms with van der Waals surface area (Å²) in [5.74, 6) is 0.371. The van der Waals surface area contributed by atoms with E-state index in [2.05, 4.69) is 15.6 Å². The molecular weight excluding hydrogens is 356 g/mol. The second-order valence-corrected chi connectivity index (χ2v) is 4.08. The van der Waals surface area contributed by atoms with Crippen LogP contribution in [-0.2, 0) is 6.54 Å². The van der Waals surface area contributed by atoms with Crippen LogP contribution >= 0.6 is 24.0 Å². The highest BCUT2D eigenvalue weighted by Crippen LogP contribution is 2.20. The standard InChI is InChI=1S/C14H12FN3.HI/c15-11-5-3-6-12(8-11)17-14-16-9-10-4-1-2-7-13(10)18-14;/h1-8H,9H2,(H2,16,17,18);1H. The van der Waals surface area contributed by atoms with Gasteiger partial charge >= 0.3 is 0 Å². The van der Waals surface area contributed by atoms with Crippen LogP contribution in [0.1, 0.15) is 5.56 Å². The zero-order valence-corrected chi connectivity index (χ0v) is 12.4. The normalized spacial score (nSPS) is 12.6. The van der Waals surface area contributed by atoms with Crippen LogP contribution in [0.5, 0.6) is 0 Å². The number of fused-ring (bicyclic) bond motifs is 1. The number of anilines is 2. The molecule has 0 spiro atoms. The predicted octanol–water partition coefficient (Wildman–Crippen LogP) is 3.84. The Morgan fingerprint density at radius 3 is 2.79 bits per heavy atom. The van der Waals surface area contributed by atoms with Crippen LogP contribution in [0, 0.1) is 5.82 Å². The van der Waals surface area contributed by atoms with E-state index in [1.54, 1.807) is 12.1 Å². The monoisotopic (exact) mass is 369 g/mol. The Bertz CT molecular complexity index is 613. The molecular formula is C14H13FIN3. The minimum atomic E-state index is -0.267. The minimum absolute atomic E-state index is 0. The van der Waals surface area contributed by atoms with Crippen LogP contribution in [0.4, 0.5) is 15.8 Å². The topological polar surface area (TPSA) is 36.4 Å². The quantitative estimate of drug-likeness (QED) is 0.750. The maximum absolute atomic E-state index is 13.1. The third-order valence-electron chi connectivity index (χ3n) is 2.77. The summed E-state index contributed by atoms with van der Waals surface area (Å²) in [6, 6.07) is 14.3. The number of benzene rings is 2. The highest BCUT2D eigenvalue weighted by molar-refractivity contribution is 14.0. The summed E-state index contributed by atoms with van der Waals surface area (Å²) in [7, 11) is 0. The molecule has 1 aliphatic heterocycles. The van der Waals surface area contributed by atoms with Gasteiger partial charge in [0, 0.05) is 11.4 Å². The molecule has 3 nitrogen and oxygen atoms in total. The number of guanidine groups is 1. The first-order valence-electron chi connectivity index (χ1n) is 5.73. The second kappa shape index (κ2) is 6.01. The third-order valence-corrected chi connectivity index (χ3v) is 2.77. The zero-order chi connectivity index (χ0) is 12.4. The van der Waals surface area contributed by atoms with Crippen molar-refractivity contribution in [3.05, 3.63) is 59.9 Å². The van der Waals surface area contributed by atoms with Crippen LogP contribution in [0.25, 0.3) is 0 Å². The zero-order valence-electron chi connectivity index (χ0n) is 10.1. The highest BCUT2D eigenvalue weighted by atomic mass is 127. The van der Waals surface area contributed by atoms with E-state index in [0.29, 0.717) is 18.2 Å². The van der Waals surface area contributed by atoms with Gasteiger partial charge in [-0.1, -0.05) is 24.3 Å². The molecule has 0 amide bonds. The Labute approximate surface area is 128 Å². The van der Waals surface area contributed by atoms with Gasteiger partial charge in [0.15, 0.2) is 0 Å². The van der Waals surface area contributed by atoms with Crippen molar-refractivity contribution in [2.45, 2.75) is 6.54 Å². The summed E-state index contributed by atoms with van der Waals surface area (Å²) in [6.45, 7) is 0.626. The molecule has 0 aliphatic carbocycles. The molecule has 0 bridgehead atoms. The molecule has 3 rings (SSSR count). The van der Waals surface area contributed by atoms with Crippen LogP contribution in [0.15, 0.2) is 53.5 Å². The molecule has 2 N–H and O–H groups in total. The van der Waals surface area contributed by atoms with Crippen LogP contribution < -0.4 is 10.6 Å². The molecule has 98 valence electrons. The van der Waals surface area contributed by atoms with Crippen molar-refractivity contribution < 1.29 is 4.39 Å². The van der Waals surface area contributed by atoms with Crippen LogP contribution in [-0.4, -0.2) is 5.96 Å². The van der Waals surface area contributed by atoms with Crippen molar-refractivity contribution in [3.63, 3.8) is 0 Å². The molecule has 0 radical (unpaired) electrons. The molecule has 2 aromatic rings. The molecule has 0 saturated heterocycles. The van der Waals surface area contributed by atoms with Crippen molar-refractivity contribution in [1.29, 1.82) is 0 Å². The third kappa shape index (κ3) is 3.23. The maximum atomic E-state index is 13.1. The highest BCUT2D eigenvalue weighted by Gasteiger charge is 2.10. The fourth-order valence-electron chi connectivity index (χ4n) is 1.89. The number of hydrogen-bond acceptors (Lipinski definition) is 3. The van der Waals surface area contributed by atoms with E-state index in [1.807, 2.05) is 24.3 Å². The van der Waals surface area contributed by atoms with E-state index >= 15 is 0 Å². The Kier molecular flexibility index (Phi) is 4.36. The van der Waals surface area contributed by atoms with Gasteiger partial charge in [0.2, 0.25) is 5.96 Å². The summed E-state index contributed by atoms with van der Waals surface area (Å²) < 4.78 is 13.1. The van der Waals surface area contributed by atoms with E-state index in [-0.39, 0.29) is 29.8 Å². The lowest BCUT2D eigenvalue weighted by Crippen LogP contribution is -2.25. The van der Waals surface area contributed by atoms with E-state index in [9.17, 15) is 4.39 Å². The predicted molar refractivity (Wildman–Crippen MR) is 86.6 cm³/mol. The first-order chi connectivity index (χ1) is 8.81. The number of para-hydroxylation sites is 1. The average molecular weight is 369 g/mol. The number of aliphatic imine (C=N–C) groups is 1. The number of nitrogens with zero attached hydrogens (tertiary/aromatic N) is 1. The van der Waals surface area contributed by atoms with Gasteiger partial charge in [-0.15, -0.1) is 24.0 Å². The fraction of sp³-hybridized carbons (Fsp3) is 0.0714. The summed E-state index contributed by atoms with van der Waals surface area (Å²) in [5.41, 5.74) is 2.87. The molecule has 0 atom stereocenters. The van der Waals surface area contributed by atoms with Gasteiger partial charge in [-0.25, -0.2) is 9.38 Å². The van der Waals surface area contributed by atoms with E-state index < -0.39 is 0 Å². The summed E-state index contributed by atoms with van der Waals surface area (Å²) in [4.78, 5) is 4.37. The molecule has 19 heavy (non-hydrogen) atoms. The van der Waals surface area contributed by atoms with E-state index in [1.165, 1.54) is 12.1 Å². The second-order valence-electron chi connectivity index (χ2n) is 4.08. The van der Waals surface area contributed by atoms with Gasteiger partial charge in [-0.3, -0.25) is 0 Å². The number of hydrogen-bond donors (Lipinski definition) is 2. The Morgan fingerprint density at radius 2 is 1.95 bits per heavy atom. The van der Waals surface area contributed by atoms with Crippen molar-refractivity contribution in [2.24, 2.45) is 4.99 Å². The Balaban J connectivity index is 0.00000133. The lowest BCUT2D eigenvalue weighted by Gasteiger charge is -2.19. The van der Waals surface area contributed by atoms with Gasteiger partial charge in [-0.2, -0.15) is 0 Å². The summed E-state index contributed by atoms with van der Waals surface area (Å²) in [6.07, 6.45) is 0. The largest absolute Gasteiger partial charge is 0.326 e. The smallest absolute Gasteiger partial charge is 0.200 e. The molecule has 1 aliphatic rings. The Morgan fingerprint density at radius 1 is 1.11 bits per heavy atom. The van der Waals surface area contributed by atoms with E-state index in [4.69, 9.17) is 0 Å². The Hall–Kier alpha value is -1.63. The molecule has 2 aromatic carbocycles. The first kappa shape index (κ1) is 13.8. The lowest BCUT2D eigenvalue weighted by molar-refractivity contribution is 0.628. The maximum Gasteiger partial charge on any atom is 0.200 e. The van der Waals surface area contributed by atoms with Gasteiger partial charge in [0.05, 0.1) is 6.54 Å². The van der Waals surface area contributed by atoms with Crippen molar-refractivity contribution in [3.8, 4) is 0 Å². The van der Waals surface area contributed by atoms with Gasteiger partial charge in [0.1, 0.15) is 5.82 Å². The number of halogens is 2. The summed E-state index contributed by atoms with van der Waals surface area (Å²) >= 11 is 0. The summed E-state index contributed by atoms with van der Waals surface area (Å²) in [5, 5.41) is 6.24. The number of rotatable bonds is 1. The molecule has 5 heteroatoms. The van der Waals surface area contributed by atoms with Gasteiger partial charge in [0.25, 0.3) is 0 Å².